The second-order valence-electron chi connectivity index (χ2n) is 11.3. The molecule has 3 unspecified atom stereocenters. The predicted octanol–water partition coefficient (Wildman–Crippen LogP) is 3.91. The third kappa shape index (κ3) is 4.72. The first kappa shape index (κ1) is 29.5. The average molecular weight is 625 g/mol. The largest absolute Gasteiger partial charge is 0.394 e. The minimum absolute atomic E-state index is 0.164. The van der Waals surface area contributed by atoms with Crippen LogP contribution in [0.1, 0.15) is 26.7 Å². The van der Waals surface area contributed by atoms with Crippen molar-refractivity contribution < 1.29 is 24.2 Å². The van der Waals surface area contributed by atoms with Gasteiger partial charge in [0.25, 0.3) is 5.91 Å². The summed E-state index contributed by atoms with van der Waals surface area (Å²) in [4.78, 5) is 47.6. The molecule has 218 valence electrons. The van der Waals surface area contributed by atoms with Crippen molar-refractivity contribution in [3.63, 3.8) is 0 Å². The summed E-state index contributed by atoms with van der Waals surface area (Å²) in [5.74, 6) is -2.38. The number of carbonyl (C=O) groups is 3. The van der Waals surface area contributed by atoms with Crippen LogP contribution in [-0.2, 0) is 19.1 Å². The van der Waals surface area contributed by atoms with Crippen molar-refractivity contribution in [1.29, 1.82) is 0 Å². The number of hydrogen-bond donors (Lipinski definition) is 1. The van der Waals surface area contributed by atoms with Crippen LogP contribution in [0.2, 0.25) is 0 Å². The molecular formula is C32H38BrN3O5. The van der Waals surface area contributed by atoms with Gasteiger partial charge in [0.2, 0.25) is 11.8 Å². The summed E-state index contributed by atoms with van der Waals surface area (Å²) in [6, 6.07) is 12.0. The molecule has 0 saturated carbocycles. The van der Waals surface area contributed by atoms with Crippen molar-refractivity contribution in [1.82, 2.24) is 9.80 Å². The molecule has 0 radical (unpaired) electrons. The highest BCUT2D eigenvalue weighted by molar-refractivity contribution is 9.09. The van der Waals surface area contributed by atoms with Gasteiger partial charge in [-0.1, -0.05) is 65.3 Å². The molecule has 3 aliphatic rings. The summed E-state index contributed by atoms with van der Waals surface area (Å²) < 4.78 is 6.66. The number of benzene rings is 2. The van der Waals surface area contributed by atoms with Crippen molar-refractivity contribution in [2.24, 2.45) is 11.8 Å². The summed E-state index contributed by atoms with van der Waals surface area (Å²) in [5.41, 5.74) is -0.535. The van der Waals surface area contributed by atoms with Crippen molar-refractivity contribution in [2.45, 2.75) is 55.3 Å². The monoisotopic (exact) mass is 623 g/mol. The molecular weight excluding hydrogens is 586 g/mol. The Hall–Kier alpha value is -3.01. The molecule has 1 spiro atoms. The van der Waals surface area contributed by atoms with E-state index >= 15 is 0 Å². The molecule has 9 heteroatoms. The fourth-order valence-corrected chi connectivity index (χ4v) is 8.01. The number of aliphatic hydroxyl groups is 1. The lowest BCUT2D eigenvalue weighted by Crippen LogP contribution is -2.59. The lowest BCUT2D eigenvalue weighted by Gasteiger charge is -2.38. The Balaban J connectivity index is 1.60. The first-order chi connectivity index (χ1) is 19.7. The number of nitrogens with zero attached hydrogens (tertiary/aromatic N) is 3. The number of likely N-dealkylation sites (tertiary alicyclic amines) is 1. The van der Waals surface area contributed by atoms with E-state index < -0.39 is 35.6 Å². The summed E-state index contributed by atoms with van der Waals surface area (Å²) >= 11 is 3.74. The van der Waals surface area contributed by atoms with E-state index in [2.05, 4.69) is 29.1 Å². The summed E-state index contributed by atoms with van der Waals surface area (Å²) in [7, 11) is 0. The maximum Gasteiger partial charge on any atom is 0.253 e. The Kier molecular flexibility index (Phi) is 8.41. The number of carbonyl (C=O) groups excluding carboxylic acids is 3. The molecule has 2 aromatic carbocycles. The normalized spacial score (nSPS) is 28.9. The summed E-state index contributed by atoms with van der Waals surface area (Å²) in [6.45, 7) is 12.2. The third-order valence-corrected chi connectivity index (χ3v) is 9.61. The number of amides is 3. The van der Waals surface area contributed by atoms with Crippen LogP contribution >= 0.6 is 15.9 Å². The Labute approximate surface area is 249 Å². The van der Waals surface area contributed by atoms with Gasteiger partial charge in [0.1, 0.15) is 11.6 Å². The lowest BCUT2D eigenvalue weighted by atomic mass is 9.70. The molecule has 41 heavy (non-hydrogen) atoms. The number of halogens is 1. The fraction of sp³-hybridized carbons (Fsp3) is 0.469. The van der Waals surface area contributed by atoms with E-state index in [0.717, 1.165) is 17.2 Å². The van der Waals surface area contributed by atoms with Crippen LogP contribution < -0.4 is 4.90 Å². The molecule has 3 aliphatic heterocycles. The Morgan fingerprint density at radius 2 is 1.88 bits per heavy atom. The molecule has 3 fully saturated rings. The topological polar surface area (TPSA) is 90.4 Å². The van der Waals surface area contributed by atoms with Crippen molar-refractivity contribution >= 4 is 50.1 Å². The highest BCUT2D eigenvalue weighted by Crippen LogP contribution is 2.61. The molecule has 5 rings (SSSR count). The lowest BCUT2D eigenvalue weighted by molar-refractivity contribution is -0.147. The Morgan fingerprint density at radius 1 is 1.17 bits per heavy atom. The minimum Gasteiger partial charge on any atom is -0.394 e. The van der Waals surface area contributed by atoms with Gasteiger partial charge in [-0.3, -0.25) is 14.4 Å². The first-order valence-electron chi connectivity index (χ1n) is 14.3. The van der Waals surface area contributed by atoms with Crippen LogP contribution in [0.4, 0.5) is 5.69 Å². The van der Waals surface area contributed by atoms with Gasteiger partial charge in [-0.15, -0.1) is 13.2 Å². The smallest absolute Gasteiger partial charge is 0.253 e. The first-order valence-corrected chi connectivity index (χ1v) is 15.2. The number of aliphatic hydroxyl groups excluding tert-OH is 1. The number of ether oxygens (including phenoxy) is 1. The molecule has 8 nitrogen and oxygen atoms in total. The maximum atomic E-state index is 14.7. The van der Waals surface area contributed by atoms with Gasteiger partial charge in [-0.2, -0.15) is 0 Å². The predicted molar refractivity (Wildman–Crippen MR) is 163 cm³/mol. The van der Waals surface area contributed by atoms with Gasteiger partial charge in [0.15, 0.2) is 0 Å². The highest BCUT2D eigenvalue weighted by Gasteiger charge is 2.77. The third-order valence-electron chi connectivity index (χ3n) is 8.76. The van der Waals surface area contributed by atoms with E-state index in [1.54, 1.807) is 28.9 Å². The molecule has 2 bridgehead atoms. The van der Waals surface area contributed by atoms with E-state index in [-0.39, 0.29) is 35.7 Å². The zero-order valence-electron chi connectivity index (χ0n) is 23.6. The van der Waals surface area contributed by atoms with E-state index in [0.29, 0.717) is 25.2 Å². The van der Waals surface area contributed by atoms with Gasteiger partial charge in [-0.05, 0) is 42.7 Å². The zero-order chi connectivity index (χ0) is 29.5. The molecule has 3 amide bonds. The molecule has 1 N–H and O–H groups in total. The zero-order valence-corrected chi connectivity index (χ0v) is 25.2. The molecule has 0 aliphatic carbocycles. The number of anilines is 1. The number of rotatable bonds is 11. The second kappa shape index (κ2) is 11.7. The van der Waals surface area contributed by atoms with Gasteiger partial charge in [0.05, 0.1) is 30.6 Å². The molecule has 3 saturated heterocycles. The van der Waals surface area contributed by atoms with Crippen LogP contribution in [0.25, 0.3) is 10.8 Å². The highest BCUT2D eigenvalue weighted by atomic mass is 79.9. The Bertz CT molecular complexity index is 1370. The average Bonchev–Trinajstić information content (AvgIpc) is 3.57. The molecule has 2 aromatic rings. The quantitative estimate of drug-likeness (QED) is 0.303. The minimum atomic E-state index is -1.21. The van der Waals surface area contributed by atoms with E-state index in [1.165, 1.54) is 4.90 Å². The summed E-state index contributed by atoms with van der Waals surface area (Å²) in [5, 5.41) is 12.2. The van der Waals surface area contributed by atoms with Crippen LogP contribution in [0, 0.1) is 11.8 Å². The molecule has 3 heterocycles. The van der Waals surface area contributed by atoms with Gasteiger partial charge in [0, 0.05) is 30.1 Å². The number of alkyl halides is 1. The van der Waals surface area contributed by atoms with Crippen LogP contribution in [0.5, 0.6) is 0 Å². The van der Waals surface area contributed by atoms with Crippen molar-refractivity contribution in [2.75, 3.05) is 31.1 Å². The Morgan fingerprint density at radius 3 is 2.54 bits per heavy atom. The summed E-state index contributed by atoms with van der Waals surface area (Å²) in [6.07, 6.45) is 3.95. The van der Waals surface area contributed by atoms with Gasteiger partial charge < -0.3 is 24.5 Å². The SMILES string of the molecule is C=CCN(CCC)C(=O)[C@H]1[C@@H]2OC3(CC2Br)C(C(=O)N(CC=C)c2ccc4ccccc4c2)N([C@H](C)CO)C(=O)[C@H]13. The van der Waals surface area contributed by atoms with Crippen LogP contribution in [-0.4, -0.2) is 87.5 Å². The van der Waals surface area contributed by atoms with Gasteiger partial charge >= 0.3 is 0 Å². The number of fused-ring (bicyclic) bond motifs is 2. The van der Waals surface area contributed by atoms with E-state index in [4.69, 9.17) is 4.74 Å². The molecule has 7 atom stereocenters. The van der Waals surface area contributed by atoms with Gasteiger partial charge in [-0.25, -0.2) is 0 Å². The number of hydrogen-bond acceptors (Lipinski definition) is 5. The fourth-order valence-electron chi connectivity index (χ4n) is 7.06. The van der Waals surface area contributed by atoms with Crippen LogP contribution in [0.3, 0.4) is 0 Å². The van der Waals surface area contributed by atoms with E-state index in [1.807, 2.05) is 49.4 Å². The molecule has 0 aromatic heterocycles. The van der Waals surface area contributed by atoms with E-state index in [9.17, 15) is 19.5 Å². The maximum absolute atomic E-state index is 14.7. The standard InChI is InChI=1S/C32H38BrN3O5/c1-5-14-34(15-6-2)29(38)25-26-30(39)36(20(4)19-37)28(32(26)18-24(33)27(25)41-32)31(40)35(16-7-3)23-13-12-21-10-8-9-11-22(21)17-23/h5,7-13,17,20,24-28,37H,1,3,6,14-16,18-19H2,2,4H3/t20-,24?,25-,26+,27-,28?,32?/m1/s1. The van der Waals surface area contributed by atoms with Crippen molar-refractivity contribution in [3.05, 3.63) is 67.8 Å². The van der Waals surface area contributed by atoms with Crippen LogP contribution in [0.15, 0.2) is 67.8 Å². The van der Waals surface area contributed by atoms with Crippen molar-refractivity contribution in [3.8, 4) is 0 Å². The second-order valence-corrected chi connectivity index (χ2v) is 12.5.